The molecule has 0 bridgehead atoms. The molecule has 3 nitrogen and oxygen atoms in total. The number of para-hydroxylation sites is 1. The van der Waals surface area contributed by atoms with Crippen molar-refractivity contribution in [2.24, 2.45) is 11.8 Å². The van der Waals surface area contributed by atoms with E-state index in [-0.39, 0.29) is 11.9 Å². The van der Waals surface area contributed by atoms with Gasteiger partial charge in [0.2, 0.25) is 5.91 Å². The summed E-state index contributed by atoms with van der Waals surface area (Å²) in [6, 6.07) is 8.09. The van der Waals surface area contributed by atoms with E-state index < -0.39 is 0 Å². The summed E-state index contributed by atoms with van der Waals surface area (Å²) in [5.41, 5.74) is 2.36. The van der Waals surface area contributed by atoms with Gasteiger partial charge in [-0.2, -0.15) is 0 Å². The maximum absolute atomic E-state index is 12.3. The first-order valence-corrected chi connectivity index (χ1v) is 7.84. The Hall–Kier alpha value is -1.51. The van der Waals surface area contributed by atoms with Gasteiger partial charge in [0.05, 0.1) is 0 Å². The van der Waals surface area contributed by atoms with Crippen molar-refractivity contribution in [1.82, 2.24) is 5.32 Å². The number of anilines is 1. The third-order valence-corrected chi connectivity index (χ3v) is 4.70. The van der Waals surface area contributed by atoms with Crippen LogP contribution in [0, 0.1) is 11.8 Å². The highest BCUT2D eigenvalue weighted by atomic mass is 16.2. The van der Waals surface area contributed by atoms with Gasteiger partial charge in [0.25, 0.3) is 0 Å². The van der Waals surface area contributed by atoms with E-state index in [2.05, 4.69) is 23.6 Å². The zero-order valence-corrected chi connectivity index (χ0v) is 12.2. The first-order chi connectivity index (χ1) is 9.72. The summed E-state index contributed by atoms with van der Waals surface area (Å²) in [6.45, 7) is 3.17. The maximum Gasteiger partial charge on any atom is 0.242 e. The quantitative estimate of drug-likeness (QED) is 0.888. The van der Waals surface area contributed by atoms with Crippen molar-refractivity contribution in [2.45, 2.75) is 45.1 Å². The largest absolute Gasteiger partial charge is 0.373 e. The van der Waals surface area contributed by atoms with E-state index in [1.165, 1.54) is 31.2 Å². The van der Waals surface area contributed by atoms with Crippen LogP contribution in [0.5, 0.6) is 0 Å². The maximum atomic E-state index is 12.3. The molecule has 1 aliphatic carbocycles. The van der Waals surface area contributed by atoms with Gasteiger partial charge in [-0.25, -0.2) is 0 Å². The van der Waals surface area contributed by atoms with E-state index in [1.54, 1.807) is 0 Å². The molecule has 0 radical (unpaired) electrons. The summed E-state index contributed by atoms with van der Waals surface area (Å²) in [4.78, 5) is 12.3. The number of rotatable bonds is 3. The molecule has 108 valence electrons. The van der Waals surface area contributed by atoms with Gasteiger partial charge in [0.15, 0.2) is 0 Å². The summed E-state index contributed by atoms with van der Waals surface area (Å²) < 4.78 is 0. The third kappa shape index (κ3) is 2.97. The van der Waals surface area contributed by atoms with Crippen LogP contribution in [0.25, 0.3) is 0 Å². The minimum Gasteiger partial charge on any atom is -0.373 e. The molecule has 2 aliphatic rings. The van der Waals surface area contributed by atoms with E-state index in [0.29, 0.717) is 5.92 Å². The number of carbonyl (C=O) groups excluding carboxylic acids is 1. The minimum absolute atomic E-state index is 0.0894. The average Bonchev–Trinajstić information content (AvgIpc) is 2.89. The summed E-state index contributed by atoms with van der Waals surface area (Å²) in [7, 11) is 0. The van der Waals surface area contributed by atoms with Gasteiger partial charge in [-0.05, 0) is 36.3 Å². The third-order valence-electron chi connectivity index (χ3n) is 4.70. The summed E-state index contributed by atoms with van der Waals surface area (Å²) in [5, 5.41) is 6.47. The number of hydrogen-bond donors (Lipinski definition) is 2. The molecule has 1 amide bonds. The molecule has 2 N–H and O–H groups in total. The van der Waals surface area contributed by atoms with Crippen molar-refractivity contribution >= 4 is 11.6 Å². The van der Waals surface area contributed by atoms with Crippen LogP contribution in [0.1, 0.15) is 38.2 Å². The van der Waals surface area contributed by atoms with Crippen LogP contribution < -0.4 is 10.6 Å². The van der Waals surface area contributed by atoms with Crippen molar-refractivity contribution in [2.75, 3.05) is 11.9 Å². The fourth-order valence-corrected chi connectivity index (χ4v) is 3.57. The smallest absolute Gasteiger partial charge is 0.242 e. The molecule has 1 saturated carbocycles. The van der Waals surface area contributed by atoms with Crippen molar-refractivity contribution in [3.05, 3.63) is 29.8 Å². The molecule has 1 aliphatic heterocycles. The molecular weight excluding hydrogens is 248 g/mol. The normalized spacial score (nSPS) is 28.6. The standard InChI is InChI=1S/C17H24N2O/c1-12-5-4-6-13(9-12)11-18-17(20)16-10-14-7-2-3-8-15(14)19-16/h2-3,7-8,12-13,16,19H,4-6,9-11H2,1H3,(H,18,20)/t12?,13?,16-/m0/s1. The predicted molar refractivity (Wildman–Crippen MR) is 81.7 cm³/mol. The highest BCUT2D eigenvalue weighted by molar-refractivity contribution is 5.87. The van der Waals surface area contributed by atoms with E-state index >= 15 is 0 Å². The van der Waals surface area contributed by atoms with E-state index in [0.717, 1.165) is 24.6 Å². The first kappa shape index (κ1) is 13.5. The van der Waals surface area contributed by atoms with E-state index in [1.807, 2.05) is 18.2 Å². The highest BCUT2D eigenvalue weighted by Crippen LogP contribution is 2.28. The second-order valence-electron chi connectivity index (χ2n) is 6.44. The molecule has 2 unspecified atom stereocenters. The zero-order valence-electron chi connectivity index (χ0n) is 12.2. The Kier molecular flexibility index (Phi) is 3.95. The van der Waals surface area contributed by atoms with Crippen molar-refractivity contribution in [3.63, 3.8) is 0 Å². The highest BCUT2D eigenvalue weighted by Gasteiger charge is 2.27. The predicted octanol–water partition coefficient (Wildman–Crippen LogP) is 2.97. The first-order valence-electron chi connectivity index (χ1n) is 7.84. The molecule has 1 aromatic rings. The molecule has 0 aromatic heterocycles. The molecule has 1 fully saturated rings. The number of hydrogen-bond acceptors (Lipinski definition) is 2. The summed E-state index contributed by atoms with van der Waals surface area (Å²) in [5.74, 6) is 1.64. The van der Waals surface area contributed by atoms with Crippen LogP contribution in [0.15, 0.2) is 24.3 Å². The lowest BCUT2D eigenvalue weighted by atomic mass is 9.82. The molecule has 0 saturated heterocycles. The molecule has 1 aromatic carbocycles. The zero-order chi connectivity index (χ0) is 13.9. The lowest BCUT2D eigenvalue weighted by Crippen LogP contribution is -2.41. The molecular formula is C17H24N2O. The molecule has 3 rings (SSSR count). The van der Waals surface area contributed by atoms with E-state index in [4.69, 9.17) is 0 Å². The molecule has 0 spiro atoms. The number of fused-ring (bicyclic) bond motifs is 1. The Bertz CT molecular complexity index is 461. The monoisotopic (exact) mass is 272 g/mol. The van der Waals surface area contributed by atoms with Gasteiger partial charge in [-0.1, -0.05) is 38.0 Å². The van der Waals surface area contributed by atoms with Gasteiger partial charge in [0.1, 0.15) is 6.04 Å². The number of benzene rings is 1. The van der Waals surface area contributed by atoms with Crippen LogP contribution >= 0.6 is 0 Å². The lowest BCUT2D eigenvalue weighted by Gasteiger charge is -2.27. The Morgan fingerprint density at radius 2 is 2.20 bits per heavy atom. The van der Waals surface area contributed by atoms with Crippen LogP contribution in [-0.2, 0) is 11.2 Å². The lowest BCUT2D eigenvalue weighted by molar-refractivity contribution is -0.122. The van der Waals surface area contributed by atoms with Crippen molar-refractivity contribution < 1.29 is 4.79 Å². The Labute approximate surface area is 121 Å². The molecule has 1 heterocycles. The van der Waals surface area contributed by atoms with Gasteiger partial charge >= 0.3 is 0 Å². The topological polar surface area (TPSA) is 41.1 Å². The number of carbonyl (C=O) groups is 1. The number of amides is 1. The Morgan fingerprint density at radius 3 is 3.00 bits per heavy atom. The van der Waals surface area contributed by atoms with E-state index in [9.17, 15) is 4.79 Å². The molecule has 20 heavy (non-hydrogen) atoms. The minimum atomic E-state index is -0.0894. The Balaban J connectivity index is 1.49. The fraction of sp³-hybridized carbons (Fsp3) is 0.588. The second-order valence-corrected chi connectivity index (χ2v) is 6.44. The van der Waals surface area contributed by atoms with Crippen LogP contribution in [0.3, 0.4) is 0 Å². The Morgan fingerprint density at radius 1 is 1.35 bits per heavy atom. The average molecular weight is 272 g/mol. The van der Waals surface area contributed by atoms with Crippen molar-refractivity contribution in [1.29, 1.82) is 0 Å². The molecule has 3 atom stereocenters. The fourth-order valence-electron chi connectivity index (χ4n) is 3.57. The SMILES string of the molecule is CC1CCCC(CNC(=O)[C@@H]2Cc3ccccc3N2)C1. The van der Waals surface area contributed by atoms with Gasteiger partial charge in [-0.15, -0.1) is 0 Å². The summed E-state index contributed by atoms with van der Waals surface area (Å²) >= 11 is 0. The van der Waals surface area contributed by atoms with Crippen molar-refractivity contribution in [3.8, 4) is 0 Å². The van der Waals surface area contributed by atoms with Gasteiger partial charge in [-0.3, -0.25) is 4.79 Å². The van der Waals surface area contributed by atoms with Crippen LogP contribution in [0.2, 0.25) is 0 Å². The van der Waals surface area contributed by atoms with Gasteiger partial charge < -0.3 is 10.6 Å². The van der Waals surface area contributed by atoms with Gasteiger partial charge in [0, 0.05) is 18.7 Å². The second kappa shape index (κ2) is 5.86. The van der Waals surface area contributed by atoms with Crippen LogP contribution in [-0.4, -0.2) is 18.5 Å². The summed E-state index contributed by atoms with van der Waals surface area (Å²) in [6.07, 6.45) is 6.00. The van der Waals surface area contributed by atoms with Crippen LogP contribution in [0.4, 0.5) is 5.69 Å². The number of nitrogens with one attached hydrogen (secondary N) is 2. The molecule has 3 heteroatoms.